The summed E-state index contributed by atoms with van der Waals surface area (Å²) in [5.41, 5.74) is 0.181. The molecule has 2 rings (SSSR count). The number of nitrogens with one attached hydrogen (secondary N) is 1. The van der Waals surface area contributed by atoms with Crippen molar-refractivity contribution < 1.29 is 23.1 Å². The second kappa shape index (κ2) is 6.89. The minimum absolute atomic E-state index is 0.0191. The van der Waals surface area contributed by atoms with Crippen LogP contribution < -0.4 is 14.6 Å². The van der Waals surface area contributed by atoms with E-state index < -0.39 is 16.0 Å². The maximum Gasteiger partial charge on any atom is 0.262 e. The number of rotatable bonds is 6. The highest BCUT2D eigenvalue weighted by molar-refractivity contribution is 7.92. The van der Waals surface area contributed by atoms with Crippen molar-refractivity contribution in [3.8, 4) is 5.75 Å². The molecule has 0 fully saturated rings. The van der Waals surface area contributed by atoms with Crippen LogP contribution >= 0.6 is 11.6 Å². The van der Waals surface area contributed by atoms with Crippen molar-refractivity contribution in [3.05, 3.63) is 53.1 Å². The molecule has 0 saturated carbocycles. The monoisotopic (exact) mass is 354 g/mol. The van der Waals surface area contributed by atoms with E-state index in [1.54, 1.807) is 6.92 Å². The van der Waals surface area contributed by atoms with Gasteiger partial charge in [0.25, 0.3) is 10.0 Å². The van der Waals surface area contributed by atoms with Crippen LogP contribution in [-0.4, -0.2) is 21.0 Å². The van der Waals surface area contributed by atoms with Crippen LogP contribution in [0.5, 0.6) is 5.75 Å². The summed E-state index contributed by atoms with van der Waals surface area (Å²) in [6.07, 6.45) is 0. The molecule has 0 saturated heterocycles. The summed E-state index contributed by atoms with van der Waals surface area (Å²) in [5, 5.41) is 11.0. The number of anilines is 1. The first-order valence-electron chi connectivity index (χ1n) is 6.60. The van der Waals surface area contributed by atoms with Crippen LogP contribution in [0.1, 0.15) is 17.3 Å². The molecular formula is C15H13ClNO5S-. The standard InChI is InChI=1S/C15H14ClNO5S/c1-2-22-14-9-12(7-8-13(14)16)23(20,21)17-11-5-3-10(4-6-11)15(18)19/h3-9,17H,2H2,1H3,(H,18,19)/p-1. The van der Waals surface area contributed by atoms with Gasteiger partial charge in [0, 0.05) is 11.8 Å². The fraction of sp³-hybridized carbons (Fsp3) is 0.133. The molecule has 0 aliphatic rings. The van der Waals surface area contributed by atoms with Gasteiger partial charge in [0.1, 0.15) is 5.75 Å². The Labute approximate surface area is 138 Å². The molecule has 0 heterocycles. The average Bonchev–Trinajstić information content (AvgIpc) is 2.49. The molecule has 0 aliphatic heterocycles. The summed E-state index contributed by atoms with van der Waals surface area (Å²) in [6.45, 7) is 2.11. The molecule has 0 aromatic heterocycles. The van der Waals surface area contributed by atoms with Crippen molar-refractivity contribution >= 4 is 33.3 Å². The van der Waals surface area contributed by atoms with E-state index in [2.05, 4.69) is 4.72 Å². The Morgan fingerprint density at radius 1 is 1.22 bits per heavy atom. The van der Waals surface area contributed by atoms with Crippen molar-refractivity contribution in [2.45, 2.75) is 11.8 Å². The second-order valence-corrected chi connectivity index (χ2v) is 6.59. The molecule has 122 valence electrons. The van der Waals surface area contributed by atoms with Gasteiger partial charge in [0.15, 0.2) is 0 Å². The topological polar surface area (TPSA) is 95.5 Å². The van der Waals surface area contributed by atoms with Gasteiger partial charge < -0.3 is 14.6 Å². The van der Waals surface area contributed by atoms with Crippen LogP contribution in [0.25, 0.3) is 0 Å². The van der Waals surface area contributed by atoms with Crippen molar-refractivity contribution in [2.75, 3.05) is 11.3 Å². The van der Waals surface area contributed by atoms with Crippen LogP contribution in [0, 0.1) is 0 Å². The van der Waals surface area contributed by atoms with E-state index >= 15 is 0 Å². The number of carbonyl (C=O) groups is 1. The zero-order valence-electron chi connectivity index (χ0n) is 12.1. The molecule has 6 nitrogen and oxygen atoms in total. The summed E-state index contributed by atoms with van der Waals surface area (Å²) in [6, 6.07) is 9.28. The minimum Gasteiger partial charge on any atom is -0.545 e. The normalized spacial score (nSPS) is 11.0. The van der Waals surface area contributed by atoms with Gasteiger partial charge in [-0.25, -0.2) is 8.42 Å². The van der Waals surface area contributed by atoms with Crippen LogP contribution in [0.15, 0.2) is 47.4 Å². The largest absolute Gasteiger partial charge is 0.545 e. The van der Waals surface area contributed by atoms with Crippen LogP contribution in [0.2, 0.25) is 5.02 Å². The SMILES string of the molecule is CCOc1cc(S(=O)(=O)Nc2ccc(C(=O)[O-])cc2)ccc1Cl. The highest BCUT2D eigenvalue weighted by Gasteiger charge is 2.16. The fourth-order valence-corrected chi connectivity index (χ4v) is 3.05. The molecule has 0 aliphatic carbocycles. The first kappa shape index (κ1) is 17.1. The average molecular weight is 355 g/mol. The molecule has 0 bridgehead atoms. The van der Waals surface area contributed by atoms with E-state index in [1.807, 2.05) is 0 Å². The Morgan fingerprint density at radius 3 is 2.43 bits per heavy atom. The van der Waals surface area contributed by atoms with E-state index in [0.29, 0.717) is 11.6 Å². The van der Waals surface area contributed by atoms with Gasteiger partial charge in [-0.1, -0.05) is 23.7 Å². The van der Waals surface area contributed by atoms with Gasteiger partial charge in [-0.15, -0.1) is 0 Å². The quantitative estimate of drug-likeness (QED) is 0.854. The molecule has 2 aromatic carbocycles. The van der Waals surface area contributed by atoms with Crippen LogP contribution in [-0.2, 0) is 10.0 Å². The summed E-state index contributed by atoms with van der Waals surface area (Å²) in [7, 11) is -3.86. The van der Waals surface area contributed by atoms with Crippen molar-refractivity contribution in [2.24, 2.45) is 0 Å². The molecule has 0 radical (unpaired) electrons. The molecule has 8 heteroatoms. The summed E-state index contributed by atoms with van der Waals surface area (Å²) in [5.74, 6) is -1.07. The van der Waals surface area contributed by atoms with Crippen molar-refractivity contribution in [1.29, 1.82) is 0 Å². The number of sulfonamides is 1. The third-order valence-electron chi connectivity index (χ3n) is 2.89. The predicted molar refractivity (Wildman–Crippen MR) is 84.2 cm³/mol. The Hall–Kier alpha value is -2.25. The highest BCUT2D eigenvalue weighted by Crippen LogP contribution is 2.28. The number of ether oxygens (including phenoxy) is 1. The molecule has 2 aromatic rings. The summed E-state index contributed by atoms with van der Waals surface area (Å²) < 4.78 is 32.3. The lowest BCUT2D eigenvalue weighted by atomic mass is 10.2. The molecular weight excluding hydrogens is 342 g/mol. The van der Waals surface area contributed by atoms with Crippen molar-refractivity contribution in [3.63, 3.8) is 0 Å². The molecule has 0 unspecified atom stereocenters. The van der Waals surface area contributed by atoms with Gasteiger partial charge in [-0.2, -0.15) is 0 Å². The van der Waals surface area contributed by atoms with Gasteiger partial charge in [-0.05, 0) is 36.8 Å². The lowest BCUT2D eigenvalue weighted by Gasteiger charge is -2.11. The lowest BCUT2D eigenvalue weighted by Crippen LogP contribution is -2.22. The Kier molecular flexibility index (Phi) is 5.12. The minimum atomic E-state index is -3.86. The predicted octanol–water partition coefficient (Wildman–Crippen LogP) is 1.90. The number of carboxylic acid groups (broad SMARTS) is 1. The zero-order valence-corrected chi connectivity index (χ0v) is 13.6. The van der Waals surface area contributed by atoms with E-state index in [1.165, 1.54) is 42.5 Å². The number of benzene rings is 2. The summed E-state index contributed by atoms with van der Waals surface area (Å²) >= 11 is 5.93. The number of hydrogen-bond acceptors (Lipinski definition) is 5. The first-order chi connectivity index (χ1) is 10.8. The number of halogens is 1. The smallest absolute Gasteiger partial charge is 0.262 e. The van der Waals surface area contributed by atoms with Gasteiger partial charge in [-0.3, -0.25) is 4.72 Å². The molecule has 23 heavy (non-hydrogen) atoms. The molecule has 1 N–H and O–H groups in total. The molecule has 0 atom stereocenters. The van der Waals surface area contributed by atoms with E-state index in [0.717, 1.165) is 0 Å². The maximum atomic E-state index is 12.3. The highest BCUT2D eigenvalue weighted by atomic mass is 35.5. The third kappa shape index (κ3) is 4.14. The number of aromatic carboxylic acids is 1. The van der Waals surface area contributed by atoms with Crippen molar-refractivity contribution in [1.82, 2.24) is 0 Å². The third-order valence-corrected chi connectivity index (χ3v) is 4.58. The zero-order chi connectivity index (χ0) is 17.0. The van der Waals surface area contributed by atoms with E-state index in [4.69, 9.17) is 16.3 Å². The second-order valence-electron chi connectivity index (χ2n) is 4.50. The number of carbonyl (C=O) groups excluding carboxylic acids is 1. The molecule has 0 amide bonds. The Morgan fingerprint density at radius 2 is 1.87 bits per heavy atom. The molecule has 0 spiro atoms. The van der Waals surface area contributed by atoms with E-state index in [-0.39, 0.29) is 21.9 Å². The maximum absolute atomic E-state index is 12.3. The summed E-state index contributed by atoms with van der Waals surface area (Å²) in [4.78, 5) is 10.7. The Balaban J connectivity index is 2.28. The number of carboxylic acids is 1. The van der Waals surface area contributed by atoms with Crippen LogP contribution in [0.4, 0.5) is 5.69 Å². The van der Waals surface area contributed by atoms with Gasteiger partial charge >= 0.3 is 0 Å². The first-order valence-corrected chi connectivity index (χ1v) is 8.46. The van der Waals surface area contributed by atoms with Crippen LogP contribution in [0.3, 0.4) is 0 Å². The number of hydrogen-bond donors (Lipinski definition) is 1. The Bertz CT molecular complexity index is 818. The van der Waals surface area contributed by atoms with Gasteiger partial charge in [0.05, 0.1) is 22.5 Å². The fourth-order valence-electron chi connectivity index (χ4n) is 1.81. The van der Waals surface area contributed by atoms with Gasteiger partial charge in [0.2, 0.25) is 0 Å². The van der Waals surface area contributed by atoms with E-state index in [9.17, 15) is 18.3 Å². The lowest BCUT2D eigenvalue weighted by molar-refractivity contribution is -0.255.